The van der Waals surface area contributed by atoms with Gasteiger partial charge in [-0.1, -0.05) is 27.2 Å². The quantitative estimate of drug-likeness (QED) is 0.670. The molecule has 0 aliphatic heterocycles. The van der Waals surface area contributed by atoms with E-state index in [1.54, 1.807) is 0 Å². The second kappa shape index (κ2) is 13.5. The molecular weight excluding hydrogens is 148 g/mol. The maximum Gasteiger partial charge on any atom is 0.00359 e. The van der Waals surface area contributed by atoms with Gasteiger partial charge < -0.3 is 11.1 Å². The van der Waals surface area contributed by atoms with E-state index in [1.807, 2.05) is 0 Å². The number of unbranched alkanes of at least 4 members (excludes halogenated alkanes) is 1. The van der Waals surface area contributed by atoms with Gasteiger partial charge in [-0.2, -0.15) is 0 Å². The van der Waals surface area contributed by atoms with Crippen LogP contribution in [0.15, 0.2) is 0 Å². The van der Waals surface area contributed by atoms with Gasteiger partial charge in [0, 0.05) is 6.04 Å². The van der Waals surface area contributed by atoms with Crippen LogP contribution in [0.3, 0.4) is 0 Å². The Balaban J connectivity index is 0. The predicted octanol–water partition coefficient (Wildman–Crippen LogP) is 2.14. The maximum absolute atomic E-state index is 5.14. The Morgan fingerprint density at radius 1 is 1.25 bits per heavy atom. The third kappa shape index (κ3) is 16.5. The first-order valence-electron chi connectivity index (χ1n) is 5.16. The SMILES string of the molecule is CCCCN.CCNC(C)CC. The molecule has 2 heteroatoms. The number of rotatable bonds is 5. The molecule has 0 radical (unpaired) electrons. The van der Waals surface area contributed by atoms with Crippen molar-refractivity contribution in [1.82, 2.24) is 5.32 Å². The first-order chi connectivity index (χ1) is 5.72. The summed E-state index contributed by atoms with van der Waals surface area (Å²) in [5, 5.41) is 3.30. The summed E-state index contributed by atoms with van der Waals surface area (Å²) in [6, 6.07) is 0.699. The van der Waals surface area contributed by atoms with E-state index in [0.29, 0.717) is 6.04 Å². The highest BCUT2D eigenvalue weighted by Crippen LogP contribution is 1.84. The van der Waals surface area contributed by atoms with Crippen molar-refractivity contribution in [1.29, 1.82) is 0 Å². The first kappa shape index (κ1) is 14.4. The molecule has 0 aromatic heterocycles. The molecule has 0 aliphatic carbocycles. The normalized spacial score (nSPS) is 11.8. The van der Waals surface area contributed by atoms with Gasteiger partial charge in [-0.15, -0.1) is 0 Å². The van der Waals surface area contributed by atoms with Crippen molar-refractivity contribution in [2.75, 3.05) is 13.1 Å². The highest BCUT2D eigenvalue weighted by molar-refractivity contribution is 4.53. The van der Waals surface area contributed by atoms with Crippen molar-refractivity contribution >= 4 is 0 Å². The maximum atomic E-state index is 5.14. The predicted molar refractivity (Wildman–Crippen MR) is 57.4 cm³/mol. The van der Waals surface area contributed by atoms with Crippen molar-refractivity contribution in [2.24, 2.45) is 5.73 Å². The lowest BCUT2D eigenvalue weighted by Gasteiger charge is -2.06. The van der Waals surface area contributed by atoms with E-state index in [1.165, 1.54) is 19.3 Å². The summed E-state index contributed by atoms with van der Waals surface area (Å²) in [7, 11) is 0. The summed E-state index contributed by atoms with van der Waals surface area (Å²) in [5.41, 5.74) is 5.14. The highest BCUT2D eigenvalue weighted by Gasteiger charge is 1.90. The minimum Gasteiger partial charge on any atom is -0.330 e. The van der Waals surface area contributed by atoms with E-state index >= 15 is 0 Å². The number of nitrogens with one attached hydrogen (secondary N) is 1. The fourth-order valence-electron chi connectivity index (χ4n) is 0.697. The minimum absolute atomic E-state index is 0.699. The van der Waals surface area contributed by atoms with Crippen LogP contribution in [-0.4, -0.2) is 19.1 Å². The molecule has 0 saturated carbocycles. The van der Waals surface area contributed by atoms with Gasteiger partial charge in [0.2, 0.25) is 0 Å². The summed E-state index contributed by atoms with van der Waals surface area (Å²) in [4.78, 5) is 0. The lowest BCUT2D eigenvalue weighted by Crippen LogP contribution is -2.24. The molecule has 1 unspecified atom stereocenters. The van der Waals surface area contributed by atoms with Gasteiger partial charge in [0.15, 0.2) is 0 Å². The summed E-state index contributed by atoms with van der Waals surface area (Å²) in [5.74, 6) is 0. The lowest BCUT2D eigenvalue weighted by atomic mass is 10.3. The zero-order valence-electron chi connectivity index (χ0n) is 9.19. The fourth-order valence-corrected chi connectivity index (χ4v) is 0.697. The molecule has 0 aromatic rings. The van der Waals surface area contributed by atoms with Crippen molar-refractivity contribution in [3.05, 3.63) is 0 Å². The smallest absolute Gasteiger partial charge is 0.00359 e. The van der Waals surface area contributed by atoms with Crippen LogP contribution in [0.2, 0.25) is 0 Å². The van der Waals surface area contributed by atoms with Crippen LogP contribution < -0.4 is 11.1 Å². The van der Waals surface area contributed by atoms with Gasteiger partial charge in [-0.25, -0.2) is 0 Å². The van der Waals surface area contributed by atoms with E-state index in [9.17, 15) is 0 Å². The van der Waals surface area contributed by atoms with Gasteiger partial charge >= 0.3 is 0 Å². The van der Waals surface area contributed by atoms with Crippen molar-refractivity contribution < 1.29 is 0 Å². The molecule has 2 nitrogen and oxygen atoms in total. The Morgan fingerprint density at radius 2 is 1.83 bits per heavy atom. The molecule has 76 valence electrons. The number of hydrogen-bond donors (Lipinski definition) is 2. The van der Waals surface area contributed by atoms with Crippen molar-refractivity contribution in [2.45, 2.75) is 53.0 Å². The van der Waals surface area contributed by atoms with E-state index in [2.05, 4.69) is 33.0 Å². The van der Waals surface area contributed by atoms with Crippen LogP contribution in [0.25, 0.3) is 0 Å². The van der Waals surface area contributed by atoms with Gasteiger partial charge in [0.25, 0.3) is 0 Å². The summed E-state index contributed by atoms with van der Waals surface area (Å²) < 4.78 is 0. The molecular formula is C10H26N2. The molecule has 3 N–H and O–H groups in total. The molecule has 0 heterocycles. The van der Waals surface area contributed by atoms with Crippen LogP contribution in [0.1, 0.15) is 47.0 Å². The molecule has 0 saturated heterocycles. The van der Waals surface area contributed by atoms with Crippen LogP contribution in [0, 0.1) is 0 Å². The molecule has 0 amide bonds. The zero-order chi connectivity index (χ0) is 9.82. The van der Waals surface area contributed by atoms with Gasteiger partial charge in [-0.3, -0.25) is 0 Å². The monoisotopic (exact) mass is 174 g/mol. The van der Waals surface area contributed by atoms with E-state index < -0.39 is 0 Å². The van der Waals surface area contributed by atoms with Crippen molar-refractivity contribution in [3.8, 4) is 0 Å². The lowest BCUT2D eigenvalue weighted by molar-refractivity contribution is 0.553. The van der Waals surface area contributed by atoms with E-state index in [0.717, 1.165) is 13.1 Å². The van der Waals surface area contributed by atoms with Crippen LogP contribution in [0.5, 0.6) is 0 Å². The molecule has 0 rings (SSSR count). The Morgan fingerprint density at radius 3 is 1.92 bits per heavy atom. The fraction of sp³-hybridized carbons (Fsp3) is 1.00. The molecule has 12 heavy (non-hydrogen) atoms. The van der Waals surface area contributed by atoms with Crippen LogP contribution in [0.4, 0.5) is 0 Å². The summed E-state index contributed by atoms with van der Waals surface area (Å²) in [6.45, 7) is 10.6. The average Bonchev–Trinajstić information content (AvgIpc) is 2.07. The molecule has 0 aliphatic rings. The first-order valence-corrected chi connectivity index (χ1v) is 5.16. The Labute approximate surface area is 77.9 Å². The minimum atomic E-state index is 0.699. The Bertz CT molecular complexity index is 62.9. The summed E-state index contributed by atoms with van der Waals surface area (Å²) >= 11 is 0. The van der Waals surface area contributed by atoms with Crippen LogP contribution >= 0.6 is 0 Å². The Kier molecular flexibility index (Phi) is 16.3. The van der Waals surface area contributed by atoms with Gasteiger partial charge in [0.1, 0.15) is 0 Å². The molecule has 0 spiro atoms. The van der Waals surface area contributed by atoms with Crippen LogP contribution in [-0.2, 0) is 0 Å². The highest BCUT2D eigenvalue weighted by atomic mass is 14.9. The molecule has 0 fully saturated rings. The third-order valence-electron chi connectivity index (χ3n) is 1.72. The van der Waals surface area contributed by atoms with Gasteiger partial charge in [0.05, 0.1) is 0 Å². The molecule has 1 atom stereocenters. The largest absolute Gasteiger partial charge is 0.330 e. The number of hydrogen-bond acceptors (Lipinski definition) is 2. The second-order valence-electron chi connectivity index (χ2n) is 3.01. The number of nitrogens with two attached hydrogens (primary N) is 1. The Hall–Kier alpha value is -0.0800. The topological polar surface area (TPSA) is 38.0 Å². The summed E-state index contributed by atoms with van der Waals surface area (Å²) in [6.07, 6.45) is 3.62. The van der Waals surface area contributed by atoms with Crippen molar-refractivity contribution in [3.63, 3.8) is 0 Å². The zero-order valence-corrected chi connectivity index (χ0v) is 9.19. The molecule has 0 aromatic carbocycles. The molecule has 0 bridgehead atoms. The van der Waals surface area contributed by atoms with Gasteiger partial charge in [-0.05, 0) is 32.9 Å². The third-order valence-corrected chi connectivity index (χ3v) is 1.72. The average molecular weight is 174 g/mol. The standard InChI is InChI=1S/C6H15N.C4H11N/c1-4-6(3)7-5-2;1-2-3-4-5/h6-7H,4-5H2,1-3H3;2-5H2,1H3. The van der Waals surface area contributed by atoms with E-state index in [-0.39, 0.29) is 0 Å². The van der Waals surface area contributed by atoms with E-state index in [4.69, 9.17) is 5.73 Å². The second-order valence-corrected chi connectivity index (χ2v) is 3.01.